The van der Waals surface area contributed by atoms with Crippen LogP contribution in [0.25, 0.3) is 0 Å². The first kappa shape index (κ1) is 7.92. The largest absolute Gasteiger partial charge is 0.353 e. The molecular formula is C5H6N6OS. The highest BCUT2D eigenvalue weighted by atomic mass is 32.1. The molecule has 8 heteroatoms. The number of rotatable bonds is 3. The number of aromatic amines is 2. The summed E-state index contributed by atoms with van der Waals surface area (Å²) in [5.41, 5.74) is -0.311. The molecule has 0 amide bonds. The molecule has 2 heterocycles. The summed E-state index contributed by atoms with van der Waals surface area (Å²) in [5, 5.41) is 9.63. The number of H-pyrrole nitrogens is 2. The van der Waals surface area contributed by atoms with Crippen LogP contribution in [0.2, 0.25) is 0 Å². The van der Waals surface area contributed by atoms with E-state index in [-0.39, 0.29) is 5.69 Å². The molecule has 68 valence electrons. The Balaban J connectivity index is 1.97. The van der Waals surface area contributed by atoms with Gasteiger partial charge in [-0.25, -0.2) is 14.9 Å². The minimum atomic E-state index is -0.311. The van der Waals surface area contributed by atoms with Crippen molar-refractivity contribution in [3.63, 3.8) is 0 Å². The Labute approximate surface area is 76.4 Å². The van der Waals surface area contributed by atoms with Crippen molar-refractivity contribution in [3.8, 4) is 0 Å². The lowest BCUT2D eigenvalue weighted by Crippen LogP contribution is -2.04. The lowest BCUT2D eigenvalue weighted by molar-refractivity contribution is 0.951. The maximum absolute atomic E-state index is 10.6. The summed E-state index contributed by atoms with van der Waals surface area (Å²) in [4.78, 5) is 17.0. The van der Waals surface area contributed by atoms with Crippen molar-refractivity contribution in [1.29, 1.82) is 0 Å². The molecule has 0 aliphatic heterocycles. The minimum Gasteiger partial charge on any atom is -0.353 e. The van der Waals surface area contributed by atoms with Crippen LogP contribution in [0.1, 0.15) is 5.82 Å². The van der Waals surface area contributed by atoms with Gasteiger partial charge in [-0.2, -0.15) is 9.47 Å². The van der Waals surface area contributed by atoms with Crippen molar-refractivity contribution in [3.05, 3.63) is 22.6 Å². The molecule has 2 rings (SSSR count). The highest BCUT2D eigenvalue weighted by molar-refractivity contribution is 7.09. The van der Waals surface area contributed by atoms with E-state index in [2.05, 4.69) is 29.9 Å². The van der Waals surface area contributed by atoms with Crippen LogP contribution < -0.4 is 11.0 Å². The molecule has 0 radical (unpaired) electrons. The first-order valence-electron chi connectivity index (χ1n) is 3.49. The summed E-state index contributed by atoms with van der Waals surface area (Å²) in [7, 11) is 0. The van der Waals surface area contributed by atoms with Gasteiger partial charge in [-0.05, 0) is 0 Å². The van der Waals surface area contributed by atoms with Gasteiger partial charge >= 0.3 is 5.69 Å². The number of hydrogen-bond donors (Lipinski definition) is 3. The maximum atomic E-state index is 10.6. The fourth-order valence-corrected chi connectivity index (χ4v) is 1.22. The molecule has 0 spiro atoms. The third kappa shape index (κ3) is 1.90. The molecule has 0 atom stereocenters. The van der Waals surface area contributed by atoms with Crippen LogP contribution in [-0.4, -0.2) is 24.5 Å². The summed E-state index contributed by atoms with van der Waals surface area (Å²) in [6.07, 6.45) is 1.46. The molecular weight excluding hydrogens is 192 g/mol. The van der Waals surface area contributed by atoms with E-state index in [1.807, 2.05) is 0 Å². The van der Waals surface area contributed by atoms with E-state index in [1.54, 1.807) is 0 Å². The Bertz CT molecular complexity index is 416. The molecule has 0 saturated heterocycles. The smallest absolute Gasteiger partial charge is 0.340 e. The zero-order valence-electron chi connectivity index (χ0n) is 6.44. The van der Waals surface area contributed by atoms with E-state index in [4.69, 9.17) is 0 Å². The fraction of sp³-hybridized carbons (Fsp3) is 0.200. The zero-order valence-corrected chi connectivity index (χ0v) is 7.26. The van der Waals surface area contributed by atoms with E-state index in [0.29, 0.717) is 17.5 Å². The van der Waals surface area contributed by atoms with Gasteiger partial charge in [-0.1, -0.05) is 0 Å². The van der Waals surface area contributed by atoms with Gasteiger partial charge in [-0.3, -0.25) is 4.98 Å². The highest BCUT2D eigenvalue weighted by Crippen LogP contribution is 2.06. The van der Waals surface area contributed by atoms with Crippen LogP contribution in [0.4, 0.5) is 5.13 Å². The molecule has 0 fully saturated rings. The number of nitrogens with zero attached hydrogens (tertiary/aromatic N) is 3. The van der Waals surface area contributed by atoms with Crippen LogP contribution in [0.15, 0.2) is 11.1 Å². The summed E-state index contributed by atoms with van der Waals surface area (Å²) in [6, 6.07) is 0. The van der Waals surface area contributed by atoms with E-state index >= 15 is 0 Å². The molecule has 2 aromatic rings. The van der Waals surface area contributed by atoms with Gasteiger partial charge in [0.25, 0.3) is 0 Å². The normalized spacial score (nSPS) is 10.2. The third-order valence-electron chi connectivity index (χ3n) is 1.32. The van der Waals surface area contributed by atoms with Crippen molar-refractivity contribution in [2.24, 2.45) is 0 Å². The van der Waals surface area contributed by atoms with Crippen LogP contribution in [0.5, 0.6) is 0 Å². The quantitative estimate of drug-likeness (QED) is 0.621. The fourth-order valence-electron chi connectivity index (χ4n) is 0.799. The van der Waals surface area contributed by atoms with Gasteiger partial charge in [0.15, 0.2) is 0 Å². The monoisotopic (exact) mass is 198 g/mol. The molecule has 0 saturated carbocycles. The molecule has 0 unspecified atom stereocenters. The van der Waals surface area contributed by atoms with Crippen LogP contribution in [0.3, 0.4) is 0 Å². The summed E-state index contributed by atoms with van der Waals surface area (Å²) >= 11 is 1.25. The molecule has 7 nitrogen and oxygen atoms in total. The SMILES string of the molecule is O=c1[nH]nc(CNc2ncns2)[nH]1. The lowest BCUT2D eigenvalue weighted by Gasteiger charge is -1.95. The van der Waals surface area contributed by atoms with Gasteiger partial charge in [-0.15, -0.1) is 0 Å². The van der Waals surface area contributed by atoms with Gasteiger partial charge < -0.3 is 5.32 Å². The molecule has 0 aliphatic carbocycles. The Kier molecular flexibility index (Phi) is 2.04. The van der Waals surface area contributed by atoms with E-state index in [9.17, 15) is 4.79 Å². The zero-order chi connectivity index (χ0) is 9.10. The lowest BCUT2D eigenvalue weighted by atomic mass is 10.6. The second-order valence-electron chi connectivity index (χ2n) is 2.22. The predicted molar refractivity (Wildman–Crippen MR) is 46.4 cm³/mol. The van der Waals surface area contributed by atoms with Gasteiger partial charge in [0.1, 0.15) is 12.2 Å². The van der Waals surface area contributed by atoms with E-state index in [1.165, 1.54) is 17.9 Å². The Morgan fingerprint density at radius 3 is 3.15 bits per heavy atom. The Hall–Kier alpha value is -1.70. The van der Waals surface area contributed by atoms with Gasteiger partial charge in [0.05, 0.1) is 6.54 Å². The standard InChI is InChI=1S/C5H6N6OS/c12-4-9-3(10-11-4)1-6-5-7-2-8-13-5/h2H,1H2,(H,6,7,8)(H2,9,10,11,12). The number of aromatic nitrogens is 5. The molecule has 2 aromatic heterocycles. The van der Waals surface area contributed by atoms with Crippen molar-refractivity contribution in [2.45, 2.75) is 6.54 Å². The molecule has 3 N–H and O–H groups in total. The third-order valence-corrected chi connectivity index (χ3v) is 1.94. The first-order valence-corrected chi connectivity index (χ1v) is 4.26. The molecule has 0 bridgehead atoms. The Morgan fingerprint density at radius 1 is 1.62 bits per heavy atom. The highest BCUT2D eigenvalue weighted by Gasteiger charge is 1.99. The average Bonchev–Trinajstić information content (AvgIpc) is 2.71. The van der Waals surface area contributed by atoms with Gasteiger partial charge in [0, 0.05) is 11.5 Å². The second kappa shape index (κ2) is 3.35. The number of anilines is 1. The van der Waals surface area contributed by atoms with Crippen molar-refractivity contribution in [2.75, 3.05) is 5.32 Å². The minimum absolute atomic E-state index is 0.311. The summed E-state index contributed by atoms with van der Waals surface area (Å²) in [5.74, 6) is 0.542. The maximum Gasteiger partial charge on any atom is 0.340 e. The Morgan fingerprint density at radius 2 is 2.54 bits per heavy atom. The summed E-state index contributed by atoms with van der Waals surface area (Å²) < 4.78 is 3.81. The first-order chi connectivity index (χ1) is 6.34. The number of nitrogens with one attached hydrogen (secondary N) is 3. The van der Waals surface area contributed by atoms with Crippen LogP contribution in [0, 0.1) is 0 Å². The van der Waals surface area contributed by atoms with Crippen molar-refractivity contribution in [1.82, 2.24) is 24.5 Å². The topological polar surface area (TPSA) is 99.3 Å². The number of hydrogen-bond acceptors (Lipinski definition) is 6. The van der Waals surface area contributed by atoms with E-state index in [0.717, 1.165) is 0 Å². The van der Waals surface area contributed by atoms with Crippen molar-refractivity contribution >= 4 is 16.7 Å². The van der Waals surface area contributed by atoms with E-state index < -0.39 is 0 Å². The van der Waals surface area contributed by atoms with Gasteiger partial charge in [0.2, 0.25) is 5.13 Å². The molecule has 13 heavy (non-hydrogen) atoms. The summed E-state index contributed by atoms with van der Waals surface area (Å²) in [6.45, 7) is 0.425. The molecule has 0 aliphatic rings. The van der Waals surface area contributed by atoms with Crippen LogP contribution in [-0.2, 0) is 6.54 Å². The second-order valence-corrected chi connectivity index (χ2v) is 3.00. The van der Waals surface area contributed by atoms with Crippen LogP contribution >= 0.6 is 11.5 Å². The predicted octanol–water partition coefficient (Wildman–Crippen LogP) is -0.438. The molecule has 0 aromatic carbocycles. The van der Waals surface area contributed by atoms with Crippen molar-refractivity contribution < 1.29 is 0 Å². The average molecular weight is 198 g/mol.